The average molecular weight is 390 g/mol. The van der Waals surface area contributed by atoms with Gasteiger partial charge in [-0.05, 0) is 67.4 Å². The number of allylic oxidation sites excluding steroid dienone is 2. The highest BCUT2D eigenvalue weighted by Gasteiger charge is 2.38. The Labute approximate surface area is 167 Å². The zero-order valence-electron chi connectivity index (χ0n) is 18.3. The third-order valence-electron chi connectivity index (χ3n) is 6.29. The van der Waals surface area contributed by atoms with E-state index in [4.69, 9.17) is 4.43 Å². The molecule has 0 bridgehead atoms. The highest BCUT2D eigenvalue weighted by molar-refractivity contribution is 6.73. The Morgan fingerprint density at radius 3 is 2.19 bits per heavy atom. The van der Waals surface area contributed by atoms with Gasteiger partial charge in [-0.1, -0.05) is 47.6 Å². The van der Waals surface area contributed by atoms with Crippen LogP contribution in [0.25, 0.3) is 5.57 Å². The van der Waals surface area contributed by atoms with Gasteiger partial charge in [0.05, 0.1) is 5.60 Å². The normalized spacial score (nSPS) is 13.0. The first-order chi connectivity index (χ1) is 13.0. The first-order valence-electron chi connectivity index (χ1n) is 10.8. The van der Waals surface area contributed by atoms with Gasteiger partial charge >= 0.3 is 0 Å². The van der Waals surface area contributed by atoms with Gasteiger partial charge in [-0.15, -0.1) is 0 Å². The zero-order valence-corrected chi connectivity index (χ0v) is 19.3. The number of aromatic nitrogens is 1. The van der Waals surface area contributed by atoms with E-state index >= 15 is 0 Å². The molecule has 0 N–H and O–H groups in total. The van der Waals surface area contributed by atoms with Crippen LogP contribution in [0, 0.1) is 0 Å². The predicted molar refractivity (Wildman–Crippen MR) is 119 cm³/mol. The summed E-state index contributed by atoms with van der Waals surface area (Å²) in [5, 5.41) is 0. The lowest BCUT2D eigenvalue weighted by Gasteiger charge is -2.42. The SMILES string of the molecule is CCC(=CCCC(CC)(CC)O[Si](CC)(CC)CC)c1cncc(C=O)c1. The van der Waals surface area contributed by atoms with Gasteiger partial charge in [-0.3, -0.25) is 9.78 Å². The lowest BCUT2D eigenvalue weighted by molar-refractivity contribution is 0.0397. The van der Waals surface area contributed by atoms with Gasteiger partial charge in [-0.25, -0.2) is 0 Å². The van der Waals surface area contributed by atoms with Crippen molar-refractivity contribution < 1.29 is 9.22 Å². The summed E-state index contributed by atoms with van der Waals surface area (Å²) in [6, 6.07) is 5.52. The maximum Gasteiger partial charge on any atom is 0.192 e. The Morgan fingerprint density at radius 2 is 1.70 bits per heavy atom. The number of carbonyl (C=O) groups is 1. The molecule has 4 heteroatoms. The molecule has 1 aromatic heterocycles. The number of hydrogen-bond donors (Lipinski definition) is 0. The molecule has 1 rings (SSSR count). The molecule has 0 aliphatic heterocycles. The molecule has 0 spiro atoms. The van der Waals surface area contributed by atoms with E-state index in [9.17, 15) is 4.79 Å². The molecule has 0 radical (unpaired) electrons. The van der Waals surface area contributed by atoms with E-state index in [1.54, 1.807) is 6.20 Å². The largest absolute Gasteiger partial charge is 0.411 e. The van der Waals surface area contributed by atoms with Crippen molar-refractivity contribution in [2.24, 2.45) is 0 Å². The molecule has 0 amide bonds. The molecule has 0 saturated carbocycles. The van der Waals surface area contributed by atoms with Gasteiger partial charge in [0.1, 0.15) is 0 Å². The Morgan fingerprint density at radius 1 is 1.07 bits per heavy atom. The monoisotopic (exact) mass is 389 g/mol. The number of carbonyl (C=O) groups excluding carboxylic acids is 1. The van der Waals surface area contributed by atoms with Crippen molar-refractivity contribution in [3.8, 4) is 0 Å². The summed E-state index contributed by atoms with van der Waals surface area (Å²) in [7, 11) is -1.63. The topological polar surface area (TPSA) is 39.2 Å². The van der Waals surface area contributed by atoms with Crippen LogP contribution in [0.5, 0.6) is 0 Å². The second-order valence-electron chi connectivity index (χ2n) is 7.48. The van der Waals surface area contributed by atoms with Gasteiger partial charge in [0.2, 0.25) is 0 Å². The molecule has 0 saturated heterocycles. The van der Waals surface area contributed by atoms with Crippen LogP contribution in [0.2, 0.25) is 18.1 Å². The molecule has 0 fully saturated rings. The van der Waals surface area contributed by atoms with Crippen molar-refractivity contribution in [3.05, 3.63) is 35.7 Å². The molecule has 1 aromatic rings. The van der Waals surface area contributed by atoms with Crippen LogP contribution in [0.4, 0.5) is 0 Å². The Bertz CT molecular complexity index is 596. The van der Waals surface area contributed by atoms with E-state index < -0.39 is 8.32 Å². The van der Waals surface area contributed by atoms with Crippen molar-refractivity contribution in [1.82, 2.24) is 4.98 Å². The predicted octanol–water partition coefficient (Wildman–Crippen LogP) is 7.05. The average Bonchev–Trinajstić information content (AvgIpc) is 2.74. The van der Waals surface area contributed by atoms with Gasteiger partial charge < -0.3 is 4.43 Å². The second-order valence-corrected chi connectivity index (χ2v) is 12.2. The quantitative estimate of drug-likeness (QED) is 0.268. The summed E-state index contributed by atoms with van der Waals surface area (Å²) in [6.07, 6.45) is 11.8. The zero-order chi connectivity index (χ0) is 20.3. The molecular weight excluding hydrogens is 350 g/mol. The Balaban J connectivity index is 2.96. The molecular formula is C23H39NO2Si. The van der Waals surface area contributed by atoms with Crippen LogP contribution in [0.15, 0.2) is 24.5 Å². The minimum atomic E-state index is -1.63. The summed E-state index contributed by atoms with van der Waals surface area (Å²) >= 11 is 0. The Kier molecular flexibility index (Phi) is 10.2. The lowest BCUT2D eigenvalue weighted by atomic mass is 9.91. The number of rotatable bonds is 13. The standard InChI is InChI=1S/C23H39NO2Si/c1-7-21(22-16-20(19-25)17-24-18-22)14-13-15-23(8-2,9-3)26-27(10-4,11-5)12-6/h14,16-19H,7-13,15H2,1-6H3. The van der Waals surface area contributed by atoms with Crippen LogP contribution in [-0.4, -0.2) is 25.2 Å². The van der Waals surface area contributed by atoms with E-state index in [1.807, 2.05) is 12.3 Å². The molecule has 0 aliphatic rings. The minimum Gasteiger partial charge on any atom is -0.411 e. The summed E-state index contributed by atoms with van der Waals surface area (Å²) < 4.78 is 6.98. The van der Waals surface area contributed by atoms with Crippen LogP contribution < -0.4 is 0 Å². The van der Waals surface area contributed by atoms with Gasteiger partial charge in [0.15, 0.2) is 14.6 Å². The molecule has 3 nitrogen and oxygen atoms in total. The maximum absolute atomic E-state index is 11.0. The molecule has 0 aromatic carbocycles. The minimum absolute atomic E-state index is 0.00744. The van der Waals surface area contributed by atoms with E-state index in [-0.39, 0.29) is 5.60 Å². The van der Waals surface area contributed by atoms with Gasteiger partial charge in [0.25, 0.3) is 0 Å². The van der Waals surface area contributed by atoms with Crippen LogP contribution in [0.1, 0.15) is 89.6 Å². The molecule has 1 heterocycles. The lowest BCUT2D eigenvalue weighted by Crippen LogP contribution is -2.46. The third-order valence-corrected chi connectivity index (χ3v) is 11.0. The molecule has 152 valence electrons. The summed E-state index contributed by atoms with van der Waals surface area (Å²) in [6.45, 7) is 13.6. The first kappa shape index (κ1) is 23.8. The van der Waals surface area contributed by atoms with Gasteiger partial charge in [-0.2, -0.15) is 0 Å². The highest BCUT2D eigenvalue weighted by atomic mass is 28.4. The third kappa shape index (κ3) is 6.39. The fraction of sp³-hybridized carbons (Fsp3) is 0.652. The molecule has 27 heavy (non-hydrogen) atoms. The van der Waals surface area contributed by atoms with E-state index in [0.29, 0.717) is 5.56 Å². The number of hydrogen-bond acceptors (Lipinski definition) is 3. The summed E-state index contributed by atoms with van der Waals surface area (Å²) in [4.78, 5) is 15.2. The highest BCUT2D eigenvalue weighted by Crippen LogP contribution is 2.35. The van der Waals surface area contributed by atoms with Crippen molar-refractivity contribution in [2.45, 2.75) is 97.4 Å². The van der Waals surface area contributed by atoms with E-state index in [0.717, 1.165) is 44.0 Å². The maximum atomic E-state index is 11.0. The first-order valence-corrected chi connectivity index (χ1v) is 13.3. The second kappa shape index (κ2) is 11.6. The number of pyridine rings is 1. The number of aldehydes is 1. The van der Waals surface area contributed by atoms with Gasteiger partial charge in [0, 0.05) is 18.0 Å². The smallest absolute Gasteiger partial charge is 0.192 e. The van der Waals surface area contributed by atoms with Crippen molar-refractivity contribution in [3.63, 3.8) is 0 Å². The fourth-order valence-electron chi connectivity index (χ4n) is 3.90. The van der Waals surface area contributed by atoms with E-state index in [1.165, 1.54) is 23.7 Å². The van der Waals surface area contributed by atoms with Crippen molar-refractivity contribution >= 4 is 20.2 Å². The van der Waals surface area contributed by atoms with Crippen LogP contribution in [0.3, 0.4) is 0 Å². The Hall–Kier alpha value is -1.26. The molecule has 0 aliphatic carbocycles. The van der Waals surface area contributed by atoms with E-state index in [2.05, 4.69) is 52.6 Å². The molecule has 0 atom stereocenters. The van der Waals surface area contributed by atoms with Crippen molar-refractivity contribution in [2.75, 3.05) is 0 Å². The van der Waals surface area contributed by atoms with Crippen molar-refractivity contribution in [1.29, 1.82) is 0 Å². The van der Waals surface area contributed by atoms with Crippen LogP contribution >= 0.6 is 0 Å². The fourth-order valence-corrected chi connectivity index (χ4v) is 7.14. The molecule has 0 unspecified atom stereocenters. The van der Waals surface area contributed by atoms with Crippen LogP contribution in [-0.2, 0) is 4.43 Å². The summed E-state index contributed by atoms with van der Waals surface area (Å²) in [5.41, 5.74) is 2.95. The number of nitrogens with zero attached hydrogens (tertiary/aromatic N) is 1. The summed E-state index contributed by atoms with van der Waals surface area (Å²) in [5.74, 6) is 0.